The van der Waals surface area contributed by atoms with Gasteiger partial charge < -0.3 is 0 Å². The highest BCUT2D eigenvalue weighted by Gasteiger charge is 2.02. The fourth-order valence-electron chi connectivity index (χ4n) is 1.53. The van der Waals surface area contributed by atoms with Gasteiger partial charge in [-0.1, -0.05) is 36.4 Å². The standard InChI is InChI=1S/C16H15N3O/c1-13(7-8-14-5-3-2-4-6-14)18-19-16(20)15-9-11-17-12-10-15/h2-12H,1H3,(H,19,20)/b8-7+,18-13+. The van der Waals surface area contributed by atoms with Crippen LogP contribution in [-0.2, 0) is 0 Å². The third kappa shape index (κ3) is 4.17. The molecule has 0 atom stereocenters. The summed E-state index contributed by atoms with van der Waals surface area (Å²) < 4.78 is 0. The van der Waals surface area contributed by atoms with Gasteiger partial charge in [-0.2, -0.15) is 5.10 Å². The maximum absolute atomic E-state index is 11.8. The fourth-order valence-corrected chi connectivity index (χ4v) is 1.53. The van der Waals surface area contributed by atoms with Crippen LogP contribution in [0.3, 0.4) is 0 Å². The van der Waals surface area contributed by atoms with E-state index in [0.717, 1.165) is 11.3 Å². The highest BCUT2D eigenvalue weighted by atomic mass is 16.2. The van der Waals surface area contributed by atoms with Crippen LogP contribution in [0.25, 0.3) is 6.08 Å². The molecule has 1 N–H and O–H groups in total. The number of hydrogen-bond donors (Lipinski definition) is 1. The van der Waals surface area contributed by atoms with E-state index >= 15 is 0 Å². The molecule has 0 bridgehead atoms. The summed E-state index contributed by atoms with van der Waals surface area (Å²) in [6.45, 7) is 1.83. The minimum absolute atomic E-state index is 0.250. The highest BCUT2D eigenvalue weighted by molar-refractivity contribution is 5.99. The molecule has 0 aliphatic heterocycles. The number of nitrogens with one attached hydrogen (secondary N) is 1. The van der Waals surface area contributed by atoms with E-state index in [2.05, 4.69) is 15.5 Å². The lowest BCUT2D eigenvalue weighted by Crippen LogP contribution is -2.18. The fraction of sp³-hybridized carbons (Fsp3) is 0.0625. The van der Waals surface area contributed by atoms with Crippen molar-refractivity contribution in [2.45, 2.75) is 6.92 Å². The van der Waals surface area contributed by atoms with Crippen LogP contribution in [0, 0.1) is 0 Å². The number of carbonyl (C=O) groups excluding carboxylic acids is 1. The predicted octanol–water partition coefficient (Wildman–Crippen LogP) is 2.90. The smallest absolute Gasteiger partial charge is 0.267 e. The molecule has 1 heterocycles. The molecule has 20 heavy (non-hydrogen) atoms. The van der Waals surface area contributed by atoms with E-state index in [1.807, 2.05) is 49.4 Å². The molecular weight excluding hydrogens is 250 g/mol. The van der Waals surface area contributed by atoms with Gasteiger partial charge in [0.25, 0.3) is 5.91 Å². The number of benzene rings is 1. The summed E-state index contributed by atoms with van der Waals surface area (Å²) in [5.74, 6) is -0.250. The molecule has 0 aliphatic rings. The SMILES string of the molecule is CC(/C=C/c1ccccc1)=N\NC(=O)c1ccncc1. The molecule has 1 aromatic heterocycles. The van der Waals surface area contributed by atoms with Crippen molar-refractivity contribution in [3.8, 4) is 0 Å². The first-order chi connectivity index (χ1) is 9.75. The van der Waals surface area contributed by atoms with Crippen molar-refractivity contribution in [3.63, 3.8) is 0 Å². The first-order valence-corrected chi connectivity index (χ1v) is 6.23. The van der Waals surface area contributed by atoms with E-state index in [9.17, 15) is 4.79 Å². The third-order valence-corrected chi connectivity index (χ3v) is 2.59. The minimum Gasteiger partial charge on any atom is -0.267 e. The average Bonchev–Trinajstić information content (AvgIpc) is 2.52. The summed E-state index contributed by atoms with van der Waals surface area (Å²) in [5, 5.41) is 4.03. The zero-order chi connectivity index (χ0) is 14.2. The van der Waals surface area contributed by atoms with Crippen molar-refractivity contribution in [2.75, 3.05) is 0 Å². The Morgan fingerprint density at radius 2 is 1.85 bits per heavy atom. The maximum atomic E-state index is 11.8. The lowest BCUT2D eigenvalue weighted by Gasteiger charge is -1.99. The topological polar surface area (TPSA) is 54.4 Å². The lowest BCUT2D eigenvalue weighted by molar-refractivity contribution is 0.0954. The second-order valence-electron chi connectivity index (χ2n) is 4.17. The van der Waals surface area contributed by atoms with Gasteiger partial charge in [0, 0.05) is 18.0 Å². The van der Waals surface area contributed by atoms with Gasteiger partial charge in [0.1, 0.15) is 0 Å². The molecule has 0 radical (unpaired) electrons. The summed E-state index contributed by atoms with van der Waals surface area (Å²) in [4.78, 5) is 15.6. The van der Waals surface area contributed by atoms with Gasteiger partial charge in [-0.05, 0) is 30.7 Å². The Morgan fingerprint density at radius 3 is 2.55 bits per heavy atom. The maximum Gasteiger partial charge on any atom is 0.271 e. The lowest BCUT2D eigenvalue weighted by atomic mass is 10.2. The Morgan fingerprint density at radius 1 is 1.15 bits per heavy atom. The Bertz CT molecular complexity index is 619. The van der Waals surface area contributed by atoms with Gasteiger partial charge in [-0.15, -0.1) is 0 Å². The molecule has 4 heteroatoms. The van der Waals surface area contributed by atoms with Crippen LogP contribution in [-0.4, -0.2) is 16.6 Å². The van der Waals surface area contributed by atoms with Crippen molar-refractivity contribution < 1.29 is 4.79 Å². The third-order valence-electron chi connectivity index (χ3n) is 2.59. The zero-order valence-electron chi connectivity index (χ0n) is 11.2. The number of pyridine rings is 1. The van der Waals surface area contributed by atoms with Gasteiger partial charge >= 0.3 is 0 Å². The van der Waals surface area contributed by atoms with E-state index in [1.165, 1.54) is 0 Å². The molecule has 100 valence electrons. The van der Waals surface area contributed by atoms with Crippen LogP contribution in [0.4, 0.5) is 0 Å². The van der Waals surface area contributed by atoms with Crippen molar-refractivity contribution in [1.29, 1.82) is 0 Å². The Hall–Kier alpha value is -2.75. The second kappa shape index (κ2) is 6.99. The number of aromatic nitrogens is 1. The molecular formula is C16H15N3O. The number of hydrazone groups is 1. The largest absolute Gasteiger partial charge is 0.271 e. The number of amides is 1. The minimum atomic E-state index is -0.250. The zero-order valence-corrected chi connectivity index (χ0v) is 11.2. The summed E-state index contributed by atoms with van der Waals surface area (Å²) in [6.07, 6.45) is 6.93. The first kappa shape index (κ1) is 13.7. The molecule has 2 rings (SSSR count). The molecule has 2 aromatic rings. The van der Waals surface area contributed by atoms with Gasteiger partial charge in [-0.3, -0.25) is 9.78 Å². The molecule has 4 nitrogen and oxygen atoms in total. The van der Waals surface area contributed by atoms with Crippen LogP contribution < -0.4 is 5.43 Å². The number of nitrogens with zero attached hydrogens (tertiary/aromatic N) is 2. The summed E-state index contributed by atoms with van der Waals surface area (Å²) in [6, 6.07) is 13.2. The second-order valence-corrected chi connectivity index (χ2v) is 4.17. The van der Waals surface area contributed by atoms with Crippen molar-refractivity contribution >= 4 is 17.7 Å². The number of carbonyl (C=O) groups is 1. The molecule has 1 aromatic carbocycles. The number of rotatable bonds is 4. The monoisotopic (exact) mass is 265 g/mol. The molecule has 0 unspecified atom stereocenters. The summed E-state index contributed by atoms with van der Waals surface area (Å²) in [5.41, 5.74) is 4.84. The first-order valence-electron chi connectivity index (χ1n) is 6.23. The van der Waals surface area contributed by atoms with Gasteiger partial charge in [-0.25, -0.2) is 5.43 Å². The summed E-state index contributed by atoms with van der Waals surface area (Å²) >= 11 is 0. The Kier molecular flexibility index (Phi) is 4.78. The van der Waals surface area contributed by atoms with Gasteiger partial charge in [0.05, 0.1) is 5.71 Å². The summed E-state index contributed by atoms with van der Waals surface area (Å²) in [7, 11) is 0. The van der Waals surface area contributed by atoms with Crippen LogP contribution in [0.5, 0.6) is 0 Å². The van der Waals surface area contributed by atoms with Crippen LogP contribution in [0.15, 0.2) is 66.0 Å². The molecule has 0 saturated heterocycles. The average molecular weight is 265 g/mol. The molecule has 1 amide bonds. The number of hydrogen-bond acceptors (Lipinski definition) is 3. The number of allylic oxidation sites excluding steroid dienone is 1. The van der Waals surface area contributed by atoms with Crippen molar-refractivity contribution in [3.05, 3.63) is 72.1 Å². The quantitative estimate of drug-likeness (QED) is 0.682. The molecule has 0 fully saturated rings. The van der Waals surface area contributed by atoms with Gasteiger partial charge in [0.2, 0.25) is 0 Å². The molecule has 0 aliphatic carbocycles. The Balaban J connectivity index is 1.95. The van der Waals surface area contributed by atoms with Crippen LogP contribution in [0.2, 0.25) is 0 Å². The van der Waals surface area contributed by atoms with E-state index in [1.54, 1.807) is 24.5 Å². The van der Waals surface area contributed by atoms with Crippen LogP contribution in [0.1, 0.15) is 22.8 Å². The van der Waals surface area contributed by atoms with E-state index in [0.29, 0.717) is 5.56 Å². The van der Waals surface area contributed by atoms with E-state index in [-0.39, 0.29) is 5.91 Å². The van der Waals surface area contributed by atoms with Crippen LogP contribution >= 0.6 is 0 Å². The molecule has 0 spiro atoms. The normalized spacial score (nSPS) is 11.6. The predicted molar refractivity (Wildman–Crippen MR) is 80.3 cm³/mol. The van der Waals surface area contributed by atoms with E-state index < -0.39 is 0 Å². The van der Waals surface area contributed by atoms with Crippen molar-refractivity contribution in [2.24, 2.45) is 5.10 Å². The molecule has 0 saturated carbocycles. The Labute approximate surface area is 117 Å². The van der Waals surface area contributed by atoms with Crippen molar-refractivity contribution in [1.82, 2.24) is 10.4 Å². The highest BCUT2D eigenvalue weighted by Crippen LogP contribution is 2.01. The van der Waals surface area contributed by atoms with Gasteiger partial charge in [0.15, 0.2) is 0 Å². The van der Waals surface area contributed by atoms with E-state index in [4.69, 9.17) is 0 Å².